The van der Waals surface area contributed by atoms with Gasteiger partial charge in [0.25, 0.3) is 0 Å². The number of hydrogen-bond donors (Lipinski definition) is 1. The van der Waals surface area contributed by atoms with Crippen molar-refractivity contribution in [1.82, 2.24) is 4.48 Å². The summed E-state index contributed by atoms with van der Waals surface area (Å²) in [6, 6.07) is 16.9. The van der Waals surface area contributed by atoms with Crippen LogP contribution in [-0.4, -0.2) is 14.1 Å². The third-order valence-corrected chi connectivity index (χ3v) is 3.28. The quantitative estimate of drug-likeness (QED) is 0.673. The molecule has 1 heterocycles. The first-order valence-corrected chi connectivity index (χ1v) is 5.50. The third-order valence-electron chi connectivity index (χ3n) is 3.28. The fourth-order valence-corrected chi connectivity index (χ4v) is 2.41. The Morgan fingerprint density at radius 1 is 0.765 bits per heavy atom. The van der Waals surface area contributed by atoms with Crippen molar-refractivity contribution in [2.24, 2.45) is 0 Å². The Bertz CT molecular complexity index is 502. The first kappa shape index (κ1) is 12.0. The van der Waals surface area contributed by atoms with Crippen LogP contribution in [0.4, 0.5) is 22.7 Å². The van der Waals surface area contributed by atoms with E-state index < -0.39 is 0 Å². The number of nitrogens with zero attached hydrogens (tertiary/aromatic N) is 1. The topological polar surface area (TPSA) is 12.0 Å². The summed E-state index contributed by atoms with van der Waals surface area (Å²) in [7, 11) is 4.44. The molecule has 1 aliphatic heterocycles. The predicted molar refractivity (Wildman–Crippen MR) is 69.5 cm³/mol. The molecule has 3 rings (SSSR count). The normalized spacial score (nSPS) is 14.9. The number of anilines is 2. The van der Waals surface area contributed by atoms with E-state index >= 15 is 0 Å². The summed E-state index contributed by atoms with van der Waals surface area (Å²) in [5.41, 5.74) is 5.01. The Labute approximate surface area is 108 Å². The van der Waals surface area contributed by atoms with Gasteiger partial charge < -0.3 is 17.7 Å². The number of rotatable bonds is 0. The maximum absolute atomic E-state index is 3.48. The van der Waals surface area contributed by atoms with Crippen molar-refractivity contribution >= 4 is 22.7 Å². The van der Waals surface area contributed by atoms with Crippen molar-refractivity contribution in [3.63, 3.8) is 0 Å². The molecule has 0 atom stereocenters. The van der Waals surface area contributed by atoms with Crippen molar-refractivity contribution < 1.29 is 12.4 Å². The van der Waals surface area contributed by atoms with Crippen LogP contribution < -0.4 is 22.2 Å². The molecule has 17 heavy (non-hydrogen) atoms. The molecular formula is C14H15ClN2. The Morgan fingerprint density at radius 3 is 1.65 bits per heavy atom. The number of hydrogen-bond acceptors (Lipinski definition) is 1. The molecule has 2 aromatic rings. The molecule has 0 unspecified atom stereocenters. The van der Waals surface area contributed by atoms with Crippen LogP contribution in [0.25, 0.3) is 0 Å². The largest absolute Gasteiger partial charge is 1.00 e. The average molecular weight is 247 g/mol. The molecule has 0 amide bonds. The summed E-state index contributed by atoms with van der Waals surface area (Å²) in [6.45, 7) is 0. The lowest BCUT2D eigenvalue weighted by atomic mass is 10.1. The van der Waals surface area contributed by atoms with Crippen LogP contribution in [0.5, 0.6) is 0 Å². The van der Waals surface area contributed by atoms with E-state index in [2.05, 4.69) is 67.9 Å². The Balaban J connectivity index is 0.00000108. The van der Waals surface area contributed by atoms with Gasteiger partial charge in [0.05, 0.1) is 14.1 Å². The molecule has 0 fully saturated rings. The second-order valence-corrected chi connectivity index (χ2v) is 4.61. The first-order valence-electron chi connectivity index (χ1n) is 5.50. The molecule has 0 saturated heterocycles. The number of nitrogens with one attached hydrogen (secondary N) is 1. The van der Waals surface area contributed by atoms with Gasteiger partial charge in [0, 0.05) is 12.1 Å². The van der Waals surface area contributed by atoms with E-state index in [-0.39, 0.29) is 12.4 Å². The number of halogens is 1. The van der Waals surface area contributed by atoms with E-state index in [9.17, 15) is 0 Å². The summed E-state index contributed by atoms with van der Waals surface area (Å²) in [5.74, 6) is 0. The van der Waals surface area contributed by atoms with E-state index in [0.717, 1.165) is 4.48 Å². The molecule has 1 aliphatic rings. The van der Waals surface area contributed by atoms with E-state index in [1.807, 2.05) is 0 Å². The fourth-order valence-electron chi connectivity index (χ4n) is 2.41. The summed E-state index contributed by atoms with van der Waals surface area (Å²) in [6.07, 6.45) is 0. The number of benzene rings is 2. The molecule has 0 aromatic heterocycles. The van der Waals surface area contributed by atoms with Crippen LogP contribution in [0.3, 0.4) is 0 Å². The zero-order chi connectivity index (χ0) is 11.2. The highest BCUT2D eigenvalue weighted by molar-refractivity contribution is 5.88. The van der Waals surface area contributed by atoms with Crippen molar-refractivity contribution in [2.75, 3.05) is 19.4 Å². The fraction of sp³-hybridized carbons (Fsp3) is 0.143. The maximum atomic E-state index is 3.48. The maximum Gasteiger partial charge on any atom is 0.161 e. The highest BCUT2D eigenvalue weighted by Crippen LogP contribution is 2.46. The molecule has 3 heteroatoms. The summed E-state index contributed by atoms with van der Waals surface area (Å²) >= 11 is 0. The molecule has 2 nitrogen and oxygen atoms in total. The van der Waals surface area contributed by atoms with Gasteiger partial charge in [-0.3, -0.25) is 4.48 Å². The van der Waals surface area contributed by atoms with E-state index in [4.69, 9.17) is 0 Å². The standard InChI is InChI=1S/C14H15N2.ClH/c1-16(2)13-9-5-3-7-11(13)15-12-8-4-6-10-14(12)16;/h3-10,15H,1-2H3;1H/q+1;/p-1. The minimum Gasteiger partial charge on any atom is -1.00 e. The monoisotopic (exact) mass is 246 g/mol. The van der Waals surface area contributed by atoms with Crippen LogP contribution >= 0.6 is 0 Å². The third kappa shape index (κ3) is 1.70. The molecule has 0 bridgehead atoms. The van der Waals surface area contributed by atoms with Gasteiger partial charge in [0.2, 0.25) is 0 Å². The van der Waals surface area contributed by atoms with Crippen molar-refractivity contribution in [3.8, 4) is 0 Å². The van der Waals surface area contributed by atoms with Crippen molar-refractivity contribution in [2.45, 2.75) is 0 Å². The Morgan fingerprint density at radius 2 is 1.18 bits per heavy atom. The SMILES string of the molecule is C[N+]1(C)c2ccccc2Nc2ccccc21.[Cl-]. The first-order chi connectivity index (χ1) is 7.69. The van der Waals surface area contributed by atoms with E-state index in [1.165, 1.54) is 22.7 Å². The average Bonchev–Trinajstić information content (AvgIpc) is 2.29. The Kier molecular flexibility index (Phi) is 2.86. The van der Waals surface area contributed by atoms with Gasteiger partial charge in [-0.15, -0.1) is 0 Å². The van der Waals surface area contributed by atoms with Crippen LogP contribution in [-0.2, 0) is 0 Å². The van der Waals surface area contributed by atoms with E-state index in [0.29, 0.717) is 0 Å². The predicted octanol–water partition coefficient (Wildman–Crippen LogP) is 0.646. The molecule has 0 saturated carbocycles. The smallest absolute Gasteiger partial charge is 0.161 e. The van der Waals surface area contributed by atoms with Gasteiger partial charge in [0.15, 0.2) is 11.4 Å². The van der Waals surface area contributed by atoms with Gasteiger partial charge in [0.1, 0.15) is 11.4 Å². The second-order valence-electron chi connectivity index (χ2n) is 4.61. The minimum absolute atomic E-state index is 0. The highest BCUT2D eigenvalue weighted by Gasteiger charge is 2.32. The summed E-state index contributed by atoms with van der Waals surface area (Å²) in [5, 5.41) is 3.48. The number of fused-ring (bicyclic) bond motifs is 2. The van der Waals surface area contributed by atoms with Crippen LogP contribution in [0, 0.1) is 0 Å². The molecule has 0 aliphatic carbocycles. The number of quaternary nitrogens is 1. The molecular weight excluding hydrogens is 232 g/mol. The van der Waals surface area contributed by atoms with Crippen molar-refractivity contribution in [1.29, 1.82) is 0 Å². The van der Waals surface area contributed by atoms with E-state index in [1.54, 1.807) is 0 Å². The molecule has 1 N–H and O–H groups in total. The van der Waals surface area contributed by atoms with Gasteiger partial charge in [-0.05, 0) is 12.1 Å². The van der Waals surface area contributed by atoms with Crippen LogP contribution in [0.2, 0.25) is 0 Å². The highest BCUT2D eigenvalue weighted by atomic mass is 35.5. The van der Waals surface area contributed by atoms with Gasteiger partial charge in [-0.25, -0.2) is 0 Å². The molecule has 2 aromatic carbocycles. The molecule has 88 valence electrons. The lowest BCUT2D eigenvalue weighted by Gasteiger charge is -2.36. The number of para-hydroxylation sites is 4. The van der Waals surface area contributed by atoms with Crippen LogP contribution in [0.1, 0.15) is 0 Å². The van der Waals surface area contributed by atoms with Crippen LogP contribution in [0.15, 0.2) is 48.5 Å². The lowest BCUT2D eigenvalue weighted by molar-refractivity contribution is -0.00000322. The zero-order valence-electron chi connectivity index (χ0n) is 9.94. The van der Waals surface area contributed by atoms with Gasteiger partial charge >= 0.3 is 0 Å². The lowest BCUT2D eigenvalue weighted by Crippen LogP contribution is -3.00. The van der Waals surface area contributed by atoms with Crippen molar-refractivity contribution in [3.05, 3.63) is 48.5 Å². The summed E-state index contributed by atoms with van der Waals surface area (Å²) < 4.78 is 0.791. The van der Waals surface area contributed by atoms with Gasteiger partial charge in [-0.2, -0.15) is 0 Å². The molecule has 0 spiro atoms. The summed E-state index contributed by atoms with van der Waals surface area (Å²) in [4.78, 5) is 0. The molecule has 0 radical (unpaired) electrons. The zero-order valence-corrected chi connectivity index (χ0v) is 10.7. The second kappa shape index (κ2) is 4.06. The minimum atomic E-state index is 0. The Hall–Kier alpha value is -1.51. The van der Waals surface area contributed by atoms with Gasteiger partial charge in [-0.1, -0.05) is 24.3 Å².